The van der Waals surface area contributed by atoms with E-state index in [9.17, 15) is 25.2 Å². The fourth-order valence-electron chi connectivity index (χ4n) is 10.1. The Bertz CT molecular complexity index is 917. The summed E-state index contributed by atoms with van der Waals surface area (Å²) < 4.78 is 0. The Labute approximate surface area is 413 Å². The lowest BCUT2D eigenvalue weighted by molar-refractivity contribution is -0.132. The Kier molecular flexibility index (Phi) is 54.7. The van der Waals surface area contributed by atoms with E-state index in [4.69, 9.17) is 0 Å². The molecule has 0 heterocycles. The molecule has 0 aromatic carbocycles. The predicted molar refractivity (Wildman–Crippen MR) is 288 cm³/mol. The van der Waals surface area contributed by atoms with Crippen molar-refractivity contribution in [2.75, 3.05) is 6.61 Å². The summed E-state index contributed by atoms with van der Waals surface area (Å²) in [5.41, 5.74) is 0. The molecule has 396 valence electrons. The van der Waals surface area contributed by atoms with E-state index < -0.39 is 36.9 Å². The summed E-state index contributed by atoms with van der Waals surface area (Å²) in [6, 6.07) is -0.981. The number of aliphatic hydroxyl groups excluding tert-OH is 4. The first-order valence-electron chi connectivity index (χ1n) is 30.4. The summed E-state index contributed by atoms with van der Waals surface area (Å²) in [7, 11) is 0. The lowest BCUT2D eigenvalue weighted by Gasteiger charge is -2.27. The number of hydrogen-bond donors (Lipinski definition) is 5. The molecule has 0 radical (unpaired) electrons. The normalized spacial score (nSPS) is 13.6. The first-order valence-corrected chi connectivity index (χ1v) is 30.4. The average molecular weight is 937 g/mol. The van der Waals surface area contributed by atoms with Gasteiger partial charge in [-0.05, 0) is 12.8 Å². The fraction of sp³-hybridized carbons (Fsp3) is 0.983. The van der Waals surface area contributed by atoms with Crippen molar-refractivity contribution in [1.82, 2.24) is 5.32 Å². The molecule has 4 atom stereocenters. The first-order chi connectivity index (χ1) is 32.5. The lowest BCUT2D eigenvalue weighted by Crippen LogP contribution is -2.53. The van der Waals surface area contributed by atoms with Gasteiger partial charge in [0.2, 0.25) is 5.91 Å². The van der Waals surface area contributed by atoms with Gasteiger partial charge in [0, 0.05) is 0 Å². The van der Waals surface area contributed by atoms with Crippen LogP contribution >= 0.6 is 0 Å². The smallest absolute Gasteiger partial charge is 0.249 e. The molecule has 66 heavy (non-hydrogen) atoms. The van der Waals surface area contributed by atoms with Crippen LogP contribution in [0.25, 0.3) is 0 Å². The molecular formula is C60H121NO5. The zero-order valence-electron chi connectivity index (χ0n) is 45.0. The molecule has 0 aromatic rings. The van der Waals surface area contributed by atoms with Crippen LogP contribution in [0.3, 0.4) is 0 Å². The Morgan fingerprint density at radius 1 is 0.318 bits per heavy atom. The minimum Gasteiger partial charge on any atom is -0.394 e. The van der Waals surface area contributed by atoms with Crippen molar-refractivity contribution < 1.29 is 25.2 Å². The number of nitrogens with one attached hydrogen (secondary N) is 1. The Hall–Kier alpha value is -0.690. The van der Waals surface area contributed by atoms with Crippen molar-refractivity contribution in [3.05, 3.63) is 0 Å². The minimum absolute atomic E-state index is 0.376. The van der Waals surface area contributed by atoms with Crippen LogP contribution in [0.15, 0.2) is 0 Å². The van der Waals surface area contributed by atoms with Crippen LogP contribution in [0.4, 0.5) is 0 Å². The third-order valence-electron chi connectivity index (χ3n) is 14.8. The van der Waals surface area contributed by atoms with Gasteiger partial charge in [-0.1, -0.05) is 335 Å². The molecule has 0 rings (SSSR count). The molecule has 1 amide bonds. The van der Waals surface area contributed by atoms with Gasteiger partial charge in [0.05, 0.1) is 18.8 Å². The second-order valence-corrected chi connectivity index (χ2v) is 21.4. The van der Waals surface area contributed by atoms with Crippen molar-refractivity contribution in [1.29, 1.82) is 0 Å². The Morgan fingerprint density at radius 3 is 0.727 bits per heavy atom. The van der Waals surface area contributed by atoms with Crippen molar-refractivity contribution >= 4 is 5.91 Å². The maximum absolute atomic E-state index is 12.6. The lowest BCUT2D eigenvalue weighted by atomic mass is 9.99. The van der Waals surface area contributed by atoms with Gasteiger partial charge < -0.3 is 25.7 Å². The molecule has 6 heteroatoms. The van der Waals surface area contributed by atoms with Gasteiger partial charge in [0.1, 0.15) is 12.2 Å². The van der Waals surface area contributed by atoms with E-state index in [1.54, 1.807) is 0 Å². The largest absolute Gasteiger partial charge is 0.394 e. The third-order valence-corrected chi connectivity index (χ3v) is 14.8. The van der Waals surface area contributed by atoms with E-state index in [2.05, 4.69) is 19.2 Å². The van der Waals surface area contributed by atoms with E-state index in [-0.39, 0.29) is 0 Å². The van der Waals surface area contributed by atoms with Crippen LogP contribution in [0, 0.1) is 0 Å². The standard InChI is InChI=1S/C60H121NO5/c1-3-5-7-9-11-13-15-17-19-21-23-25-27-29-30-32-33-35-37-39-41-43-45-47-49-51-53-57(63)59(65)56(55-62)61-60(66)58(64)54-52-50-48-46-44-42-40-38-36-34-31-28-26-24-22-20-18-16-14-12-10-8-6-4-2/h56-59,62-65H,3-55H2,1-2H3,(H,61,66). The van der Waals surface area contributed by atoms with E-state index in [0.29, 0.717) is 12.8 Å². The van der Waals surface area contributed by atoms with Gasteiger partial charge in [-0.25, -0.2) is 0 Å². The molecule has 0 saturated carbocycles. The Morgan fingerprint density at radius 2 is 0.515 bits per heavy atom. The highest BCUT2D eigenvalue weighted by atomic mass is 16.3. The number of unbranched alkanes of at least 4 members (excludes halogenated alkanes) is 48. The summed E-state index contributed by atoms with van der Waals surface area (Å²) in [5, 5.41) is 44.1. The number of aliphatic hydroxyl groups is 4. The van der Waals surface area contributed by atoms with E-state index in [1.807, 2.05) is 0 Å². The van der Waals surface area contributed by atoms with Gasteiger partial charge in [-0.2, -0.15) is 0 Å². The summed E-state index contributed by atoms with van der Waals surface area (Å²) in [5.74, 6) is -0.574. The summed E-state index contributed by atoms with van der Waals surface area (Å²) >= 11 is 0. The Balaban J connectivity index is 3.56. The molecule has 4 unspecified atom stereocenters. The number of rotatable bonds is 57. The van der Waals surface area contributed by atoms with Crippen LogP contribution in [0.1, 0.15) is 348 Å². The van der Waals surface area contributed by atoms with Crippen molar-refractivity contribution in [3.8, 4) is 0 Å². The van der Waals surface area contributed by atoms with Crippen molar-refractivity contribution in [2.24, 2.45) is 0 Å². The summed E-state index contributed by atoms with van der Waals surface area (Å²) in [6.07, 6.45) is 64.7. The second kappa shape index (κ2) is 55.2. The predicted octanol–water partition coefficient (Wildman–Crippen LogP) is 17.9. The highest BCUT2D eigenvalue weighted by Gasteiger charge is 2.28. The molecule has 0 spiro atoms. The average Bonchev–Trinajstić information content (AvgIpc) is 3.32. The van der Waals surface area contributed by atoms with E-state index in [1.165, 1.54) is 283 Å². The molecule has 0 fully saturated rings. The minimum atomic E-state index is -1.26. The molecule has 0 aromatic heterocycles. The molecule has 0 saturated heterocycles. The molecule has 0 bridgehead atoms. The van der Waals surface area contributed by atoms with Gasteiger partial charge in [0.25, 0.3) is 0 Å². The van der Waals surface area contributed by atoms with E-state index >= 15 is 0 Å². The topological polar surface area (TPSA) is 110 Å². The summed E-state index contributed by atoms with van der Waals surface area (Å²) in [6.45, 7) is 4.11. The molecule has 6 nitrogen and oxygen atoms in total. The number of amides is 1. The highest BCUT2D eigenvalue weighted by molar-refractivity contribution is 5.80. The van der Waals surface area contributed by atoms with Gasteiger partial charge >= 0.3 is 0 Å². The molecule has 0 aliphatic heterocycles. The summed E-state index contributed by atoms with van der Waals surface area (Å²) in [4.78, 5) is 12.6. The first kappa shape index (κ1) is 65.3. The third kappa shape index (κ3) is 48.3. The molecule has 0 aliphatic carbocycles. The van der Waals surface area contributed by atoms with Gasteiger partial charge in [-0.3, -0.25) is 4.79 Å². The fourth-order valence-corrected chi connectivity index (χ4v) is 10.1. The monoisotopic (exact) mass is 936 g/mol. The highest BCUT2D eigenvalue weighted by Crippen LogP contribution is 2.19. The maximum atomic E-state index is 12.6. The van der Waals surface area contributed by atoms with Crippen LogP contribution in [0.5, 0.6) is 0 Å². The van der Waals surface area contributed by atoms with E-state index in [0.717, 1.165) is 38.5 Å². The van der Waals surface area contributed by atoms with Crippen LogP contribution in [-0.4, -0.2) is 57.3 Å². The quantitative estimate of drug-likeness (QED) is 0.0390. The van der Waals surface area contributed by atoms with Crippen molar-refractivity contribution in [3.63, 3.8) is 0 Å². The van der Waals surface area contributed by atoms with Crippen LogP contribution in [0.2, 0.25) is 0 Å². The number of carbonyl (C=O) groups excluding carboxylic acids is 1. The second-order valence-electron chi connectivity index (χ2n) is 21.4. The zero-order valence-corrected chi connectivity index (χ0v) is 45.0. The van der Waals surface area contributed by atoms with Crippen molar-refractivity contribution in [2.45, 2.75) is 372 Å². The zero-order chi connectivity index (χ0) is 48.1. The van der Waals surface area contributed by atoms with Crippen LogP contribution in [-0.2, 0) is 4.79 Å². The molecule has 0 aliphatic rings. The maximum Gasteiger partial charge on any atom is 0.249 e. The van der Waals surface area contributed by atoms with Gasteiger partial charge in [0.15, 0.2) is 0 Å². The number of carbonyl (C=O) groups is 1. The van der Waals surface area contributed by atoms with Gasteiger partial charge in [-0.15, -0.1) is 0 Å². The molecular weight excluding hydrogens is 815 g/mol. The number of hydrogen-bond acceptors (Lipinski definition) is 5. The SMILES string of the molecule is CCCCCCCCCCCCCCCCCCCCCCCCCCCCC(O)C(O)C(CO)NC(=O)C(O)CCCCCCCCCCCCCCCCCCCCCCCCCC. The molecule has 5 N–H and O–H groups in total. The van der Waals surface area contributed by atoms with Crippen LogP contribution < -0.4 is 5.32 Å².